The first-order valence-corrected chi connectivity index (χ1v) is 6.27. The van der Waals surface area contributed by atoms with Crippen molar-refractivity contribution in [2.24, 2.45) is 0 Å². The first kappa shape index (κ1) is 12.3. The fourth-order valence-electron chi connectivity index (χ4n) is 1.87. The summed E-state index contributed by atoms with van der Waals surface area (Å²) in [6.07, 6.45) is 0. The topological polar surface area (TPSA) is 58.9 Å². The SMILES string of the molecule is Oc1cc2c(c(C(Cl)Cl)c1O)Oc1ccccc1O2. The fraction of sp³-hybridized carbons (Fsp3) is 0.0769. The van der Waals surface area contributed by atoms with Crippen LogP contribution < -0.4 is 9.47 Å². The third-order valence-corrected chi connectivity index (χ3v) is 3.17. The molecular weight excluding hydrogens is 291 g/mol. The zero-order valence-corrected chi connectivity index (χ0v) is 10.9. The second kappa shape index (κ2) is 4.40. The Labute approximate surface area is 118 Å². The van der Waals surface area contributed by atoms with E-state index in [1.807, 2.05) is 0 Å². The summed E-state index contributed by atoms with van der Waals surface area (Å²) in [5, 5.41) is 19.5. The molecule has 4 nitrogen and oxygen atoms in total. The summed E-state index contributed by atoms with van der Waals surface area (Å²) in [4.78, 5) is -1.06. The minimum absolute atomic E-state index is 0.0767. The Hall–Kier alpha value is -1.78. The molecule has 0 aromatic heterocycles. The second-order valence-corrected chi connectivity index (χ2v) is 5.03. The van der Waals surface area contributed by atoms with E-state index in [9.17, 15) is 10.2 Å². The van der Waals surface area contributed by atoms with Gasteiger partial charge < -0.3 is 19.7 Å². The van der Waals surface area contributed by atoms with Gasteiger partial charge in [0.15, 0.2) is 34.5 Å². The number of alkyl halides is 2. The third-order valence-electron chi connectivity index (χ3n) is 2.73. The lowest BCUT2D eigenvalue weighted by atomic mass is 10.1. The van der Waals surface area contributed by atoms with Crippen molar-refractivity contribution in [2.75, 3.05) is 0 Å². The maximum Gasteiger partial charge on any atom is 0.180 e. The van der Waals surface area contributed by atoms with Crippen LogP contribution in [0.5, 0.6) is 34.5 Å². The van der Waals surface area contributed by atoms with E-state index < -0.39 is 10.6 Å². The molecule has 0 aliphatic carbocycles. The van der Waals surface area contributed by atoms with Gasteiger partial charge >= 0.3 is 0 Å². The number of ether oxygens (including phenoxy) is 2. The number of aromatic hydroxyl groups is 2. The summed E-state index contributed by atoms with van der Waals surface area (Å²) in [6, 6.07) is 8.26. The third kappa shape index (κ3) is 1.93. The molecule has 0 atom stereocenters. The van der Waals surface area contributed by atoms with Crippen molar-refractivity contribution >= 4 is 23.2 Å². The lowest BCUT2D eigenvalue weighted by Crippen LogP contribution is -2.02. The Balaban J connectivity index is 2.20. The van der Waals surface area contributed by atoms with Gasteiger partial charge in [-0.3, -0.25) is 0 Å². The monoisotopic (exact) mass is 298 g/mol. The summed E-state index contributed by atoms with van der Waals surface area (Å²) in [6.45, 7) is 0. The first-order chi connectivity index (χ1) is 9.08. The highest BCUT2D eigenvalue weighted by Gasteiger charge is 2.29. The highest BCUT2D eigenvalue weighted by molar-refractivity contribution is 6.44. The van der Waals surface area contributed by atoms with Gasteiger partial charge in [-0.25, -0.2) is 0 Å². The van der Waals surface area contributed by atoms with Crippen LogP contribution in [0.1, 0.15) is 10.4 Å². The van der Waals surface area contributed by atoms with E-state index in [0.717, 1.165) is 0 Å². The molecule has 2 aromatic rings. The van der Waals surface area contributed by atoms with Gasteiger partial charge in [0, 0.05) is 6.07 Å². The molecule has 0 bridgehead atoms. The Morgan fingerprint density at radius 1 is 0.947 bits per heavy atom. The van der Waals surface area contributed by atoms with E-state index in [4.69, 9.17) is 32.7 Å². The molecule has 0 unspecified atom stereocenters. The number of rotatable bonds is 1. The quantitative estimate of drug-likeness (QED) is 0.514. The van der Waals surface area contributed by atoms with Crippen molar-refractivity contribution in [3.63, 3.8) is 0 Å². The Bertz CT molecular complexity index is 655. The molecule has 0 radical (unpaired) electrons. The number of hydrogen-bond donors (Lipinski definition) is 2. The van der Waals surface area contributed by atoms with Crippen molar-refractivity contribution in [1.82, 2.24) is 0 Å². The minimum Gasteiger partial charge on any atom is -0.504 e. The number of para-hydroxylation sites is 2. The normalized spacial score (nSPS) is 12.4. The molecule has 0 spiro atoms. The van der Waals surface area contributed by atoms with Crippen molar-refractivity contribution in [2.45, 2.75) is 4.84 Å². The van der Waals surface area contributed by atoms with E-state index in [0.29, 0.717) is 11.5 Å². The number of fused-ring (bicyclic) bond motifs is 2. The summed E-state index contributed by atoms with van der Waals surface area (Å²) in [7, 11) is 0. The molecule has 6 heteroatoms. The second-order valence-electron chi connectivity index (χ2n) is 3.94. The highest BCUT2D eigenvalue weighted by Crippen LogP contribution is 2.55. The van der Waals surface area contributed by atoms with E-state index in [2.05, 4.69) is 0 Å². The minimum atomic E-state index is -1.06. The summed E-state index contributed by atoms with van der Waals surface area (Å²) < 4.78 is 11.2. The summed E-state index contributed by atoms with van der Waals surface area (Å²) in [5.41, 5.74) is 0.0767. The maximum absolute atomic E-state index is 9.82. The molecule has 0 saturated carbocycles. The molecule has 0 amide bonds. The van der Waals surface area contributed by atoms with Crippen LogP contribution >= 0.6 is 23.2 Å². The molecule has 2 aromatic carbocycles. The van der Waals surface area contributed by atoms with Crippen molar-refractivity contribution in [3.8, 4) is 34.5 Å². The van der Waals surface area contributed by atoms with Crippen LogP contribution in [0.15, 0.2) is 30.3 Å². The first-order valence-electron chi connectivity index (χ1n) is 5.39. The fourth-order valence-corrected chi connectivity index (χ4v) is 2.27. The zero-order chi connectivity index (χ0) is 13.6. The molecule has 2 N–H and O–H groups in total. The Morgan fingerprint density at radius 2 is 1.58 bits per heavy atom. The molecule has 19 heavy (non-hydrogen) atoms. The maximum atomic E-state index is 9.82. The van der Waals surface area contributed by atoms with Crippen LogP contribution in [0.3, 0.4) is 0 Å². The van der Waals surface area contributed by atoms with Crippen LogP contribution in [0.2, 0.25) is 0 Å². The van der Waals surface area contributed by atoms with Gasteiger partial charge in [0.1, 0.15) is 4.84 Å². The molecule has 1 aliphatic heterocycles. The smallest absolute Gasteiger partial charge is 0.180 e. The van der Waals surface area contributed by atoms with Gasteiger partial charge in [0.25, 0.3) is 0 Å². The average Bonchev–Trinajstić information content (AvgIpc) is 2.37. The van der Waals surface area contributed by atoms with Crippen LogP contribution in [-0.4, -0.2) is 10.2 Å². The van der Waals surface area contributed by atoms with E-state index >= 15 is 0 Å². The number of halogens is 2. The van der Waals surface area contributed by atoms with Gasteiger partial charge in [0.2, 0.25) is 0 Å². The molecule has 1 heterocycles. The zero-order valence-electron chi connectivity index (χ0n) is 9.43. The molecule has 98 valence electrons. The Morgan fingerprint density at radius 3 is 2.21 bits per heavy atom. The molecule has 3 rings (SSSR count). The van der Waals surface area contributed by atoms with E-state index in [-0.39, 0.29) is 22.8 Å². The van der Waals surface area contributed by atoms with Crippen molar-refractivity contribution in [3.05, 3.63) is 35.9 Å². The molecule has 0 saturated heterocycles. The van der Waals surface area contributed by atoms with Crippen LogP contribution in [0, 0.1) is 0 Å². The predicted molar refractivity (Wildman–Crippen MR) is 70.8 cm³/mol. The van der Waals surface area contributed by atoms with Gasteiger partial charge in [0.05, 0.1) is 5.56 Å². The number of hydrogen-bond acceptors (Lipinski definition) is 4. The lowest BCUT2D eigenvalue weighted by molar-refractivity contribution is 0.342. The summed E-state index contributed by atoms with van der Waals surface area (Å²) in [5.74, 6) is 0.640. The van der Waals surface area contributed by atoms with Crippen molar-refractivity contribution in [1.29, 1.82) is 0 Å². The van der Waals surface area contributed by atoms with Crippen LogP contribution in [0.4, 0.5) is 0 Å². The largest absolute Gasteiger partial charge is 0.504 e. The van der Waals surface area contributed by atoms with Gasteiger partial charge in [-0.05, 0) is 12.1 Å². The average molecular weight is 299 g/mol. The molecular formula is C13H8Cl2O4. The van der Waals surface area contributed by atoms with Gasteiger partial charge in [-0.15, -0.1) is 0 Å². The van der Waals surface area contributed by atoms with E-state index in [1.165, 1.54) is 6.07 Å². The van der Waals surface area contributed by atoms with Crippen molar-refractivity contribution < 1.29 is 19.7 Å². The van der Waals surface area contributed by atoms with Gasteiger partial charge in [-0.2, -0.15) is 0 Å². The predicted octanol–water partition coefficient (Wildman–Crippen LogP) is 4.47. The number of benzene rings is 2. The molecule has 1 aliphatic rings. The number of phenolic OH excluding ortho intramolecular Hbond substituents is 2. The number of phenols is 2. The van der Waals surface area contributed by atoms with Crippen LogP contribution in [-0.2, 0) is 0 Å². The standard InChI is InChI=1S/C13H8Cl2O4/c14-13(15)10-11(17)6(16)5-9-12(10)19-8-4-2-1-3-7(8)18-9/h1-5,13,16-17H. The summed E-state index contributed by atoms with van der Waals surface area (Å²) >= 11 is 11.6. The highest BCUT2D eigenvalue weighted by atomic mass is 35.5. The van der Waals surface area contributed by atoms with Gasteiger partial charge in [-0.1, -0.05) is 35.3 Å². The Kier molecular flexibility index (Phi) is 2.84. The molecule has 0 fully saturated rings. The van der Waals surface area contributed by atoms with E-state index in [1.54, 1.807) is 24.3 Å². The lowest BCUT2D eigenvalue weighted by Gasteiger charge is -2.23. The van der Waals surface area contributed by atoms with Crippen LogP contribution in [0.25, 0.3) is 0 Å².